The molecule has 0 aliphatic heterocycles. The molecule has 32 heavy (non-hydrogen) atoms. The van der Waals surface area contributed by atoms with E-state index >= 15 is 0 Å². The minimum Gasteiger partial charge on any atom is -0.460 e. The Balaban J connectivity index is 3.01. The van der Waals surface area contributed by atoms with Crippen molar-refractivity contribution in [3.63, 3.8) is 0 Å². The van der Waals surface area contributed by atoms with Crippen LogP contribution in [0, 0.1) is 0 Å². The molecule has 1 N–H and O–H groups in total. The molecule has 0 bridgehead atoms. The van der Waals surface area contributed by atoms with Gasteiger partial charge in [-0.25, -0.2) is 4.79 Å². The molecule has 0 radical (unpaired) electrons. The maximum atomic E-state index is 13.2. The number of esters is 1. The first kappa shape index (κ1) is 26.8. The van der Waals surface area contributed by atoms with Crippen LogP contribution in [-0.4, -0.2) is 72.4 Å². The summed E-state index contributed by atoms with van der Waals surface area (Å²) in [4.78, 5) is 58.0. The molecule has 1 rings (SSSR count). The highest BCUT2D eigenvalue weighted by Crippen LogP contribution is 2.15. The van der Waals surface area contributed by atoms with Crippen molar-refractivity contribution in [1.29, 1.82) is 0 Å². The van der Waals surface area contributed by atoms with Crippen molar-refractivity contribution in [2.75, 3.05) is 21.1 Å². The van der Waals surface area contributed by atoms with Gasteiger partial charge < -0.3 is 19.4 Å². The first-order chi connectivity index (χ1) is 14.7. The van der Waals surface area contributed by atoms with Gasteiger partial charge in [0.05, 0.1) is 12.0 Å². The normalized spacial score (nSPS) is 12.8. The molecular weight excluding hydrogens is 414 g/mol. The molecular formula is C23H33N3O6. The zero-order valence-electron chi connectivity index (χ0n) is 19.8. The lowest BCUT2D eigenvalue weighted by Crippen LogP contribution is -2.54. The van der Waals surface area contributed by atoms with E-state index in [1.165, 1.54) is 26.0 Å². The monoisotopic (exact) mass is 447 g/mol. The Hall–Kier alpha value is -3.20. The van der Waals surface area contributed by atoms with Gasteiger partial charge in [0, 0.05) is 21.1 Å². The fourth-order valence-electron chi connectivity index (χ4n) is 2.69. The van der Waals surface area contributed by atoms with Crippen molar-refractivity contribution in [2.24, 2.45) is 0 Å². The number of hydrogen-bond donors (Lipinski definition) is 1. The standard InChI is InChI=1S/C23H33N3O6/c1-15(2)19(24-32-22(30)16-12-10-9-11-13-16)21(29)26(8)17(20(28)25(6)7)14-18(27)31-23(3,4)5/h9-13,17,19,24H,1,14H2,2-8H3/t17-,19-/m0/s1. The molecule has 176 valence electrons. The lowest BCUT2D eigenvalue weighted by molar-refractivity contribution is -0.160. The first-order valence-electron chi connectivity index (χ1n) is 10.1. The number of nitrogens with zero attached hydrogens (tertiary/aromatic N) is 2. The molecule has 2 amide bonds. The summed E-state index contributed by atoms with van der Waals surface area (Å²) in [6.07, 6.45) is -0.330. The number of carbonyl (C=O) groups excluding carboxylic acids is 4. The zero-order valence-corrected chi connectivity index (χ0v) is 19.8. The van der Waals surface area contributed by atoms with E-state index in [9.17, 15) is 19.2 Å². The lowest BCUT2D eigenvalue weighted by atomic mass is 10.1. The van der Waals surface area contributed by atoms with Gasteiger partial charge in [-0.3, -0.25) is 14.4 Å². The Kier molecular flexibility index (Phi) is 9.58. The Bertz CT molecular complexity index is 845. The predicted molar refractivity (Wildman–Crippen MR) is 119 cm³/mol. The highest BCUT2D eigenvalue weighted by molar-refractivity contribution is 5.93. The van der Waals surface area contributed by atoms with E-state index in [2.05, 4.69) is 12.1 Å². The zero-order chi connectivity index (χ0) is 24.6. The fraction of sp³-hybridized carbons (Fsp3) is 0.478. The molecule has 1 aromatic rings. The smallest absolute Gasteiger partial charge is 0.356 e. The van der Waals surface area contributed by atoms with Gasteiger partial charge in [0.1, 0.15) is 17.7 Å². The minimum atomic E-state index is -1.12. The summed E-state index contributed by atoms with van der Waals surface area (Å²) in [5.74, 6) is -2.34. The van der Waals surface area contributed by atoms with Crippen LogP contribution in [0.3, 0.4) is 0 Å². The van der Waals surface area contributed by atoms with Gasteiger partial charge in [-0.15, -0.1) is 5.48 Å². The number of rotatable bonds is 9. The summed E-state index contributed by atoms with van der Waals surface area (Å²) in [5.41, 5.74) is 2.35. The van der Waals surface area contributed by atoms with Crippen LogP contribution in [0.2, 0.25) is 0 Å². The number of hydroxylamine groups is 1. The van der Waals surface area contributed by atoms with Crippen molar-refractivity contribution in [2.45, 2.75) is 51.8 Å². The second-order valence-electron chi connectivity index (χ2n) is 8.64. The molecule has 1 aromatic carbocycles. The van der Waals surface area contributed by atoms with Crippen LogP contribution >= 0.6 is 0 Å². The summed E-state index contributed by atoms with van der Waals surface area (Å²) < 4.78 is 5.31. The number of carbonyl (C=O) groups is 4. The van der Waals surface area contributed by atoms with Gasteiger partial charge in [-0.1, -0.05) is 30.4 Å². The Morgan fingerprint density at radius 2 is 1.59 bits per heavy atom. The largest absolute Gasteiger partial charge is 0.460 e. The molecule has 0 unspecified atom stereocenters. The van der Waals surface area contributed by atoms with Gasteiger partial charge in [0.15, 0.2) is 0 Å². The van der Waals surface area contributed by atoms with Crippen molar-refractivity contribution >= 4 is 23.8 Å². The SMILES string of the molecule is C=C(C)[C@H](NOC(=O)c1ccccc1)C(=O)N(C)[C@@H](CC(=O)OC(C)(C)C)C(=O)N(C)C. The summed E-state index contributed by atoms with van der Waals surface area (Å²) in [6, 6.07) is 6.02. The summed E-state index contributed by atoms with van der Waals surface area (Å²) in [5, 5.41) is 0. The topological polar surface area (TPSA) is 105 Å². The van der Waals surface area contributed by atoms with Gasteiger partial charge in [-0.2, -0.15) is 0 Å². The van der Waals surface area contributed by atoms with Gasteiger partial charge in [-0.05, 0) is 39.8 Å². The predicted octanol–water partition coefficient (Wildman–Crippen LogP) is 1.94. The first-order valence-corrected chi connectivity index (χ1v) is 10.1. The van der Waals surface area contributed by atoms with E-state index in [4.69, 9.17) is 9.57 Å². The number of hydrogen-bond acceptors (Lipinski definition) is 7. The third-order valence-electron chi connectivity index (χ3n) is 4.34. The highest BCUT2D eigenvalue weighted by Gasteiger charge is 2.35. The quantitative estimate of drug-likeness (QED) is 0.350. The van der Waals surface area contributed by atoms with E-state index in [0.29, 0.717) is 11.1 Å². The molecule has 9 heteroatoms. The Morgan fingerprint density at radius 3 is 2.06 bits per heavy atom. The second kappa shape index (κ2) is 11.4. The Labute approximate surface area is 189 Å². The molecule has 2 atom stereocenters. The van der Waals surface area contributed by atoms with Crippen LogP contribution in [0.5, 0.6) is 0 Å². The fourth-order valence-corrected chi connectivity index (χ4v) is 2.69. The van der Waals surface area contributed by atoms with Crippen LogP contribution in [0.25, 0.3) is 0 Å². The van der Waals surface area contributed by atoms with Crippen molar-refractivity contribution in [1.82, 2.24) is 15.3 Å². The Morgan fingerprint density at radius 1 is 1.03 bits per heavy atom. The van der Waals surface area contributed by atoms with E-state index in [-0.39, 0.29) is 6.42 Å². The van der Waals surface area contributed by atoms with Crippen LogP contribution in [0.1, 0.15) is 44.5 Å². The van der Waals surface area contributed by atoms with Crippen LogP contribution in [0.4, 0.5) is 0 Å². The van der Waals surface area contributed by atoms with Gasteiger partial charge >= 0.3 is 11.9 Å². The van der Waals surface area contributed by atoms with Crippen LogP contribution in [0.15, 0.2) is 42.5 Å². The van der Waals surface area contributed by atoms with Crippen molar-refractivity contribution < 1.29 is 28.8 Å². The highest BCUT2D eigenvalue weighted by atomic mass is 16.7. The number of likely N-dealkylation sites (N-methyl/N-ethyl adjacent to an activating group) is 2. The minimum absolute atomic E-state index is 0.298. The molecule has 0 heterocycles. The van der Waals surface area contributed by atoms with Gasteiger partial charge in [0.2, 0.25) is 11.8 Å². The van der Waals surface area contributed by atoms with Crippen LogP contribution < -0.4 is 5.48 Å². The van der Waals surface area contributed by atoms with E-state index in [1.54, 1.807) is 58.0 Å². The number of amides is 2. The van der Waals surface area contributed by atoms with Crippen LogP contribution in [-0.2, 0) is 24.0 Å². The molecule has 0 aromatic heterocycles. The maximum absolute atomic E-state index is 13.2. The third-order valence-corrected chi connectivity index (χ3v) is 4.34. The average Bonchev–Trinajstić information content (AvgIpc) is 2.69. The third kappa shape index (κ3) is 8.14. The molecule has 9 nitrogen and oxygen atoms in total. The number of nitrogens with one attached hydrogen (secondary N) is 1. The van der Waals surface area contributed by atoms with Crippen molar-refractivity contribution in [3.8, 4) is 0 Å². The van der Waals surface area contributed by atoms with E-state index in [1.807, 2.05) is 0 Å². The summed E-state index contributed by atoms with van der Waals surface area (Å²) >= 11 is 0. The molecule has 0 aliphatic rings. The van der Waals surface area contributed by atoms with Gasteiger partial charge in [0.25, 0.3) is 0 Å². The molecule has 0 spiro atoms. The molecule has 0 aliphatic carbocycles. The lowest BCUT2D eigenvalue weighted by Gasteiger charge is -2.32. The number of ether oxygens (including phenoxy) is 1. The second-order valence-corrected chi connectivity index (χ2v) is 8.64. The summed E-state index contributed by atoms with van der Waals surface area (Å²) in [6.45, 7) is 10.5. The molecule has 0 fully saturated rings. The molecule has 0 saturated heterocycles. The van der Waals surface area contributed by atoms with E-state index < -0.39 is 41.4 Å². The maximum Gasteiger partial charge on any atom is 0.356 e. The molecule has 0 saturated carbocycles. The summed E-state index contributed by atoms with van der Waals surface area (Å²) in [7, 11) is 4.45. The van der Waals surface area contributed by atoms with E-state index in [0.717, 1.165) is 4.90 Å². The average molecular weight is 448 g/mol. The van der Waals surface area contributed by atoms with Crippen molar-refractivity contribution in [3.05, 3.63) is 48.0 Å². The number of benzene rings is 1.